The number of aliphatic carboxylic acids is 1. The minimum absolute atomic E-state index is 0.0370. The van der Waals surface area contributed by atoms with Crippen molar-refractivity contribution in [2.24, 2.45) is 11.5 Å². The molecule has 0 spiro atoms. The van der Waals surface area contributed by atoms with Gasteiger partial charge in [-0.15, -0.1) is 0 Å². The molecule has 0 saturated carbocycles. The van der Waals surface area contributed by atoms with Crippen molar-refractivity contribution in [2.75, 3.05) is 13.1 Å². The second-order valence-electron chi connectivity index (χ2n) is 7.26. The number of nitrogens with one attached hydrogen (secondary N) is 3. The number of imidazole rings is 1. The number of hydrogen-bond donors (Lipinski definition) is 6. The number of primary amides is 1. The fraction of sp³-hybridized carbons (Fsp3) is 0.556. The van der Waals surface area contributed by atoms with E-state index in [0.717, 1.165) is 0 Å². The molecule has 1 aliphatic rings. The summed E-state index contributed by atoms with van der Waals surface area (Å²) in [4.78, 5) is 67.4. The van der Waals surface area contributed by atoms with E-state index in [-0.39, 0.29) is 25.8 Å². The fourth-order valence-corrected chi connectivity index (χ4v) is 3.28. The summed E-state index contributed by atoms with van der Waals surface area (Å²) in [7, 11) is 0. The molecule has 170 valence electrons. The molecule has 2 heterocycles. The van der Waals surface area contributed by atoms with Crippen molar-refractivity contribution in [1.82, 2.24) is 25.5 Å². The quantitative estimate of drug-likeness (QED) is 0.212. The maximum absolute atomic E-state index is 13.0. The Hall–Kier alpha value is -3.48. The minimum atomic E-state index is -1.10. The summed E-state index contributed by atoms with van der Waals surface area (Å²) in [5.74, 6) is -3.52. The predicted molar refractivity (Wildman–Crippen MR) is 106 cm³/mol. The Kier molecular flexibility index (Phi) is 8.49. The number of amides is 4. The lowest BCUT2D eigenvalue weighted by molar-refractivity contribution is -0.149. The summed E-state index contributed by atoms with van der Waals surface area (Å²) in [5, 5.41) is 14.2. The molecular weight excluding hydrogens is 410 g/mol. The topological polar surface area (TPSA) is 214 Å². The summed E-state index contributed by atoms with van der Waals surface area (Å²) < 4.78 is 0. The second-order valence-corrected chi connectivity index (χ2v) is 7.26. The molecule has 31 heavy (non-hydrogen) atoms. The third-order valence-corrected chi connectivity index (χ3v) is 4.89. The molecule has 3 unspecified atom stereocenters. The van der Waals surface area contributed by atoms with Crippen LogP contribution in [0.1, 0.15) is 31.4 Å². The van der Waals surface area contributed by atoms with Crippen LogP contribution in [0.5, 0.6) is 0 Å². The Morgan fingerprint density at radius 1 is 1.32 bits per heavy atom. The van der Waals surface area contributed by atoms with E-state index in [2.05, 4.69) is 20.6 Å². The lowest BCUT2D eigenvalue weighted by Gasteiger charge is -2.27. The van der Waals surface area contributed by atoms with E-state index in [1.165, 1.54) is 17.4 Å². The van der Waals surface area contributed by atoms with Crippen molar-refractivity contribution >= 4 is 29.6 Å². The number of rotatable bonds is 11. The maximum atomic E-state index is 13.0. The number of aromatic nitrogens is 2. The number of hydrogen-bond acceptors (Lipinski definition) is 7. The number of aromatic amines is 1. The molecule has 8 N–H and O–H groups in total. The van der Waals surface area contributed by atoms with Crippen LogP contribution in [0.2, 0.25) is 0 Å². The molecule has 1 aromatic rings. The van der Waals surface area contributed by atoms with Crippen LogP contribution < -0.4 is 22.1 Å². The molecule has 0 aromatic carbocycles. The van der Waals surface area contributed by atoms with Crippen LogP contribution in [-0.4, -0.2) is 80.8 Å². The largest absolute Gasteiger partial charge is 0.480 e. The van der Waals surface area contributed by atoms with Crippen LogP contribution in [0.3, 0.4) is 0 Å². The lowest BCUT2D eigenvalue weighted by Crippen LogP contribution is -2.54. The summed E-state index contributed by atoms with van der Waals surface area (Å²) in [6.07, 6.45) is 3.83. The van der Waals surface area contributed by atoms with E-state index in [1.54, 1.807) is 0 Å². The number of nitrogens with zero attached hydrogens (tertiary/aromatic N) is 2. The standard InChI is InChI=1S/C18H27N7O6/c19-11(3-4-14(20)26)16(28)22-8-15(27)24-12(6-10-7-21-9-23-10)17(29)25-5-1-2-13(25)18(30)31/h7,9,11-13H,1-6,8,19H2,(H2,20,26)(H,21,23)(H,22,28)(H,24,27)(H,30,31). The van der Waals surface area contributed by atoms with Crippen LogP contribution >= 0.6 is 0 Å². The highest BCUT2D eigenvalue weighted by atomic mass is 16.4. The molecule has 13 nitrogen and oxygen atoms in total. The summed E-state index contributed by atoms with van der Waals surface area (Å²) in [6, 6.07) is -3.01. The van der Waals surface area contributed by atoms with Gasteiger partial charge in [0, 0.05) is 31.3 Å². The van der Waals surface area contributed by atoms with Gasteiger partial charge in [-0.25, -0.2) is 9.78 Å². The van der Waals surface area contributed by atoms with Gasteiger partial charge >= 0.3 is 5.97 Å². The van der Waals surface area contributed by atoms with Crippen LogP contribution in [-0.2, 0) is 30.4 Å². The zero-order valence-electron chi connectivity index (χ0n) is 16.9. The van der Waals surface area contributed by atoms with Crippen molar-refractivity contribution in [1.29, 1.82) is 0 Å². The number of carbonyl (C=O) groups excluding carboxylic acids is 4. The Balaban J connectivity index is 1.98. The highest BCUT2D eigenvalue weighted by Gasteiger charge is 2.37. The van der Waals surface area contributed by atoms with E-state index in [1.807, 2.05) is 0 Å². The molecule has 1 saturated heterocycles. The Labute approximate surface area is 177 Å². The van der Waals surface area contributed by atoms with E-state index >= 15 is 0 Å². The number of carbonyl (C=O) groups is 5. The second kappa shape index (κ2) is 11.1. The summed E-state index contributed by atoms with van der Waals surface area (Å²) in [5.41, 5.74) is 11.2. The molecule has 1 aliphatic heterocycles. The summed E-state index contributed by atoms with van der Waals surface area (Å²) >= 11 is 0. The van der Waals surface area contributed by atoms with E-state index in [4.69, 9.17) is 11.5 Å². The fourth-order valence-electron chi connectivity index (χ4n) is 3.28. The van der Waals surface area contributed by atoms with Gasteiger partial charge in [0.25, 0.3) is 0 Å². The molecule has 1 fully saturated rings. The van der Waals surface area contributed by atoms with Gasteiger partial charge in [-0.1, -0.05) is 0 Å². The van der Waals surface area contributed by atoms with Crippen molar-refractivity contribution in [3.05, 3.63) is 18.2 Å². The van der Waals surface area contributed by atoms with Gasteiger partial charge in [0.1, 0.15) is 12.1 Å². The number of nitrogens with two attached hydrogens (primary N) is 2. The minimum Gasteiger partial charge on any atom is -0.480 e. The Morgan fingerprint density at radius 2 is 2.06 bits per heavy atom. The Morgan fingerprint density at radius 3 is 2.68 bits per heavy atom. The normalized spacial score (nSPS) is 17.6. The average molecular weight is 437 g/mol. The third-order valence-electron chi connectivity index (χ3n) is 4.89. The van der Waals surface area contributed by atoms with E-state index < -0.39 is 54.3 Å². The monoisotopic (exact) mass is 437 g/mol. The first-order valence-electron chi connectivity index (χ1n) is 9.80. The van der Waals surface area contributed by atoms with Gasteiger partial charge in [-0.2, -0.15) is 0 Å². The number of H-pyrrole nitrogens is 1. The van der Waals surface area contributed by atoms with Gasteiger partial charge < -0.3 is 37.1 Å². The molecular formula is C18H27N7O6. The average Bonchev–Trinajstić information content (AvgIpc) is 3.41. The smallest absolute Gasteiger partial charge is 0.326 e. The zero-order valence-corrected chi connectivity index (χ0v) is 16.9. The summed E-state index contributed by atoms with van der Waals surface area (Å²) in [6.45, 7) is -0.172. The highest BCUT2D eigenvalue weighted by Crippen LogP contribution is 2.19. The molecule has 3 atom stereocenters. The first-order chi connectivity index (χ1) is 14.7. The number of likely N-dealkylation sites (tertiary alicyclic amines) is 1. The predicted octanol–water partition coefficient (Wildman–Crippen LogP) is -2.78. The van der Waals surface area contributed by atoms with Gasteiger partial charge in [-0.3, -0.25) is 19.2 Å². The third kappa shape index (κ3) is 7.06. The van der Waals surface area contributed by atoms with Gasteiger partial charge in [0.15, 0.2) is 0 Å². The lowest BCUT2D eigenvalue weighted by atomic mass is 10.1. The first kappa shape index (κ1) is 23.8. The van der Waals surface area contributed by atoms with Gasteiger partial charge in [0.2, 0.25) is 23.6 Å². The van der Waals surface area contributed by atoms with Crippen molar-refractivity contribution in [2.45, 2.75) is 50.2 Å². The van der Waals surface area contributed by atoms with Gasteiger partial charge in [-0.05, 0) is 19.3 Å². The first-order valence-corrected chi connectivity index (χ1v) is 9.80. The van der Waals surface area contributed by atoms with Crippen molar-refractivity contribution in [3.8, 4) is 0 Å². The molecule has 1 aromatic heterocycles. The van der Waals surface area contributed by atoms with Crippen LogP contribution in [0.15, 0.2) is 12.5 Å². The van der Waals surface area contributed by atoms with Gasteiger partial charge in [0.05, 0.1) is 18.9 Å². The molecule has 0 bridgehead atoms. The van der Waals surface area contributed by atoms with Crippen molar-refractivity contribution < 1.29 is 29.1 Å². The van der Waals surface area contributed by atoms with E-state index in [9.17, 15) is 29.1 Å². The molecule has 0 radical (unpaired) electrons. The number of carboxylic acid groups (broad SMARTS) is 1. The molecule has 2 rings (SSSR count). The number of carboxylic acids is 1. The van der Waals surface area contributed by atoms with Crippen molar-refractivity contribution in [3.63, 3.8) is 0 Å². The van der Waals surface area contributed by atoms with Crippen LogP contribution in [0.4, 0.5) is 0 Å². The molecule has 0 aliphatic carbocycles. The molecule has 13 heteroatoms. The van der Waals surface area contributed by atoms with Crippen LogP contribution in [0, 0.1) is 0 Å². The molecule has 4 amide bonds. The van der Waals surface area contributed by atoms with Crippen LogP contribution in [0.25, 0.3) is 0 Å². The Bertz CT molecular complexity index is 812. The SMILES string of the molecule is NC(=O)CCC(N)C(=O)NCC(=O)NC(Cc1cnc[nH]1)C(=O)N1CCCC1C(=O)O. The maximum Gasteiger partial charge on any atom is 0.326 e. The zero-order chi connectivity index (χ0) is 23.0. The highest BCUT2D eigenvalue weighted by molar-refractivity contribution is 5.93. The van der Waals surface area contributed by atoms with E-state index in [0.29, 0.717) is 18.5 Å².